The van der Waals surface area contributed by atoms with E-state index < -0.39 is 15.4 Å². The van der Waals surface area contributed by atoms with Crippen LogP contribution in [0.1, 0.15) is 47.7 Å². The van der Waals surface area contributed by atoms with Crippen LogP contribution in [0.25, 0.3) is 0 Å². The molecule has 1 N–H and O–H groups in total. The Bertz CT molecular complexity index is 1320. The molecule has 0 spiro atoms. The summed E-state index contributed by atoms with van der Waals surface area (Å²) in [6.45, 7) is 3.54. The van der Waals surface area contributed by atoms with Crippen molar-refractivity contribution in [2.75, 3.05) is 24.6 Å². The molecular formula is C33H36N2O2S. The van der Waals surface area contributed by atoms with Gasteiger partial charge >= 0.3 is 0 Å². The maximum atomic E-state index is 12.8. The minimum atomic E-state index is -3.09. The van der Waals surface area contributed by atoms with Gasteiger partial charge in [-0.2, -0.15) is 0 Å². The third-order valence-corrected chi connectivity index (χ3v) is 9.57. The molecule has 1 atom stereocenters. The molecule has 0 bridgehead atoms. The van der Waals surface area contributed by atoms with Crippen molar-refractivity contribution in [1.29, 1.82) is 0 Å². The molecule has 0 unspecified atom stereocenters. The molecule has 5 rings (SSSR count). The van der Waals surface area contributed by atoms with Crippen molar-refractivity contribution in [3.8, 4) is 0 Å². The lowest BCUT2D eigenvalue weighted by atomic mass is 9.90. The SMILES string of the molecule is C[C@@]1(N(CCNC(c2ccccc2)c2ccccc2)C(c2ccccc2)c2ccccc2)CCS(=O)(=O)C1. The summed E-state index contributed by atoms with van der Waals surface area (Å²) in [7, 11) is -3.09. The Morgan fingerprint density at radius 2 is 1.13 bits per heavy atom. The second-order valence-electron chi connectivity index (χ2n) is 10.5. The zero-order valence-electron chi connectivity index (χ0n) is 21.9. The summed E-state index contributed by atoms with van der Waals surface area (Å²) in [5.41, 5.74) is 4.30. The monoisotopic (exact) mass is 524 g/mol. The maximum absolute atomic E-state index is 12.8. The van der Waals surface area contributed by atoms with Crippen molar-refractivity contribution >= 4 is 9.84 Å². The van der Waals surface area contributed by atoms with Crippen LogP contribution in [0.2, 0.25) is 0 Å². The summed E-state index contributed by atoms with van der Waals surface area (Å²) in [6, 6.07) is 41.9. The van der Waals surface area contributed by atoms with Gasteiger partial charge in [0.2, 0.25) is 0 Å². The van der Waals surface area contributed by atoms with Gasteiger partial charge in [0.1, 0.15) is 0 Å². The Kier molecular flexibility index (Phi) is 8.08. The van der Waals surface area contributed by atoms with Gasteiger partial charge in [-0.3, -0.25) is 4.90 Å². The molecule has 4 nitrogen and oxygen atoms in total. The van der Waals surface area contributed by atoms with E-state index in [0.717, 1.165) is 0 Å². The average Bonchev–Trinajstić information content (AvgIpc) is 3.25. The summed E-state index contributed by atoms with van der Waals surface area (Å²) < 4.78 is 25.5. The fraction of sp³-hybridized carbons (Fsp3) is 0.273. The molecule has 4 aromatic rings. The normalized spacial score (nSPS) is 18.8. The first-order valence-corrected chi connectivity index (χ1v) is 15.2. The standard InChI is InChI=1S/C33H36N2O2S/c1-33(22-25-38(36,37)26-33)35(32(29-18-10-4-11-19-29)30-20-12-5-13-21-30)24-23-34-31(27-14-6-2-7-15-27)28-16-8-3-9-17-28/h2-21,31-32,34H,22-26H2,1H3/t33-/m1/s1. The number of nitrogens with one attached hydrogen (secondary N) is 1. The van der Waals surface area contributed by atoms with Crippen LogP contribution in [-0.4, -0.2) is 43.5 Å². The molecule has 1 saturated heterocycles. The largest absolute Gasteiger partial charge is 0.305 e. The van der Waals surface area contributed by atoms with Gasteiger partial charge in [-0.15, -0.1) is 0 Å². The van der Waals surface area contributed by atoms with Crippen LogP contribution in [0, 0.1) is 0 Å². The lowest BCUT2D eigenvalue weighted by Crippen LogP contribution is -2.52. The zero-order valence-corrected chi connectivity index (χ0v) is 22.7. The van der Waals surface area contributed by atoms with Gasteiger partial charge in [0.15, 0.2) is 9.84 Å². The number of rotatable bonds is 10. The molecule has 0 aromatic heterocycles. The Morgan fingerprint density at radius 3 is 1.53 bits per heavy atom. The van der Waals surface area contributed by atoms with E-state index in [0.29, 0.717) is 19.5 Å². The van der Waals surface area contributed by atoms with Crippen molar-refractivity contribution < 1.29 is 8.42 Å². The second-order valence-corrected chi connectivity index (χ2v) is 12.6. The fourth-order valence-electron chi connectivity index (χ4n) is 5.80. The highest BCUT2D eigenvalue weighted by Gasteiger charge is 2.45. The number of sulfone groups is 1. The van der Waals surface area contributed by atoms with Gasteiger partial charge in [0, 0.05) is 18.6 Å². The quantitative estimate of drug-likeness (QED) is 0.275. The lowest BCUT2D eigenvalue weighted by molar-refractivity contribution is 0.0909. The van der Waals surface area contributed by atoms with Gasteiger partial charge in [0.05, 0.1) is 23.6 Å². The molecule has 1 aliphatic rings. The predicted molar refractivity (Wildman–Crippen MR) is 156 cm³/mol. The molecule has 0 aliphatic carbocycles. The molecule has 1 heterocycles. The van der Waals surface area contributed by atoms with E-state index in [2.05, 4.69) is 114 Å². The maximum Gasteiger partial charge on any atom is 0.152 e. The number of hydrogen-bond acceptors (Lipinski definition) is 4. The highest BCUT2D eigenvalue weighted by atomic mass is 32.2. The van der Waals surface area contributed by atoms with Gasteiger partial charge < -0.3 is 5.32 Å². The van der Waals surface area contributed by atoms with Crippen molar-refractivity contribution in [2.24, 2.45) is 0 Å². The van der Waals surface area contributed by atoms with Crippen LogP contribution in [0.15, 0.2) is 121 Å². The van der Waals surface area contributed by atoms with Crippen LogP contribution in [0.5, 0.6) is 0 Å². The molecule has 0 saturated carbocycles. The summed E-state index contributed by atoms with van der Waals surface area (Å²) in [5, 5.41) is 3.81. The molecule has 4 aromatic carbocycles. The van der Waals surface area contributed by atoms with Crippen LogP contribution in [0.3, 0.4) is 0 Å². The van der Waals surface area contributed by atoms with Crippen LogP contribution in [0.4, 0.5) is 0 Å². The fourth-order valence-corrected chi connectivity index (χ4v) is 7.95. The van der Waals surface area contributed by atoms with Crippen molar-refractivity contribution in [1.82, 2.24) is 10.2 Å². The first kappa shape index (κ1) is 26.4. The predicted octanol–water partition coefficient (Wildman–Crippen LogP) is 6.03. The summed E-state index contributed by atoms with van der Waals surface area (Å²) >= 11 is 0. The van der Waals surface area contributed by atoms with E-state index in [-0.39, 0.29) is 23.6 Å². The second kappa shape index (κ2) is 11.6. The summed E-state index contributed by atoms with van der Waals surface area (Å²) in [5.74, 6) is 0.414. The van der Waals surface area contributed by atoms with E-state index >= 15 is 0 Å². The topological polar surface area (TPSA) is 49.4 Å². The number of benzene rings is 4. The van der Waals surface area contributed by atoms with E-state index in [1.54, 1.807) is 0 Å². The Labute approximate surface area is 227 Å². The molecule has 196 valence electrons. The average molecular weight is 525 g/mol. The van der Waals surface area contributed by atoms with Crippen molar-refractivity contribution in [2.45, 2.75) is 31.0 Å². The third-order valence-electron chi connectivity index (χ3n) is 7.69. The molecule has 1 fully saturated rings. The first-order chi connectivity index (χ1) is 18.5. The van der Waals surface area contributed by atoms with Crippen molar-refractivity contribution in [3.63, 3.8) is 0 Å². The summed E-state index contributed by atoms with van der Waals surface area (Å²) in [4.78, 5) is 2.43. The number of nitrogens with zero attached hydrogens (tertiary/aromatic N) is 1. The van der Waals surface area contributed by atoms with Gasteiger partial charge in [-0.25, -0.2) is 8.42 Å². The number of hydrogen-bond donors (Lipinski definition) is 1. The highest BCUT2D eigenvalue weighted by Crippen LogP contribution is 2.39. The summed E-state index contributed by atoms with van der Waals surface area (Å²) in [6.07, 6.45) is 0.631. The molecule has 1 aliphatic heterocycles. The third kappa shape index (κ3) is 6.07. The van der Waals surface area contributed by atoms with E-state index in [1.807, 2.05) is 24.3 Å². The minimum absolute atomic E-state index is 0.0475. The smallest absolute Gasteiger partial charge is 0.152 e. The molecule has 0 amide bonds. The van der Waals surface area contributed by atoms with Gasteiger partial charge in [-0.1, -0.05) is 121 Å². The molecular weight excluding hydrogens is 488 g/mol. The Hall–Kier alpha value is -3.25. The van der Waals surface area contributed by atoms with Crippen LogP contribution >= 0.6 is 0 Å². The van der Waals surface area contributed by atoms with E-state index in [9.17, 15) is 8.42 Å². The highest BCUT2D eigenvalue weighted by molar-refractivity contribution is 7.91. The van der Waals surface area contributed by atoms with Crippen LogP contribution < -0.4 is 5.32 Å². The Balaban J connectivity index is 1.49. The van der Waals surface area contributed by atoms with E-state index in [1.165, 1.54) is 22.3 Å². The molecule has 38 heavy (non-hydrogen) atoms. The van der Waals surface area contributed by atoms with E-state index in [4.69, 9.17) is 0 Å². The molecule has 0 radical (unpaired) electrons. The lowest BCUT2D eigenvalue weighted by Gasteiger charge is -2.44. The van der Waals surface area contributed by atoms with Gasteiger partial charge in [0.25, 0.3) is 0 Å². The minimum Gasteiger partial charge on any atom is -0.305 e. The zero-order chi connectivity index (χ0) is 26.4. The van der Waals surface area contributed by atoms with Gasteiger partial charge in [-0.05, 0) is 35.6 Å². The first-order valence-electron chi connectivity index (χ1n) is 13.4. The molecule has 5 heteroatoms. The Morgan fingerprint density at radius 1 is 0.711 bits per heavy atom. The van der Waals surface area contributed by atoms with Crippen LogP contribution in [-0.2, 0) is 9.84 Å². The van der Waals surface area contributed by atoms with Crippen molar-refractivity contribution in [3.05, 3.63) is 144 Å².